The van der Waals surface area contributed by atoms with E-state index in [2.05, 4.69) is 31.2 Å². The van der Waals surface area contributed by atoms with Crippen molar-refractivity contribution in [1.82, 2.24) is 4.40 Å². The number of rotatable bonds is 3. The summed E-state index contributed by atoms with van der Waals surface area (Å²) in [5.74, 6) is 0.899. The molecule has 0 unspecified atom stereocenters. The van der Waals surface area contributed by atoms with Crippen LogP contribution >= 0.6 is 0 Å². The van der Waals surface area contributed by atoms with Gasteiger partial charge >= 0.3 is 0 Å². The van der Waals surface area contributed by atoms with Crippen LogP contribution in [0.2, 0.25) is 0 Å². The van der Waals surface area contributed by atoms with Crippen LogP contribution in [0.3, 0.4) is 0 Å². The van der Waals surface area contributed by atoms with Crippen LogP contribution in [0.25, 0.3) is 16.6 Å². The third-order valence-electron chi connectivity index (χ3n) is 4.15. The second-order valence-electron chi connectivity index (χ2n) is 5.65. The van der Waals surface area contributed by atoms with Crippen LogP contribution in [-0.4, -0.2) is 17.8 Å². The molecule has 2 heterocycles. The predicted octanol–water partition coefficient (Wildman–Crippen LogP) is 4.35. The lowest BCUT2D eigenvalue weighted by molar-refractivity contribution is 0.111. The Balaban J connectivity index is 2.31. The van der Waals surface area contributed by atoms with Crippen molar-refractivity contribution in [2.45, 2.75) is 20.8 Å². The molecule has 3 heteroatoms. The average Bonchev–Trinajstić information content (AvgIpc) is 2.87. The number of fused-ring (bicyclic) bond motifs is 1. The van der Waals surface area contributed by atoms with Gasteiger partial charge in [-0.1, -0.05) is 6.07 Å². The summed E-state index contributed by atoms with van der Waals surface area (Å²) < 4.78 is 7.38. The van der Waals surface area contributed by atoms with Crippen molar-refractivity contribution in [3.8, 4) is 16.9 Å². The van der Waals surface area contributed by atoms with E-state index in [9.17, 15) is 4.79 Å². The standard InChI is InChI=1S/C19H19NO2/c1-12-6-5-7-20-17(12)10-16(18(20)11-21)15-8-13(2)19(22-4)14(3)9-15/h5-11H,1-4H3. The Kier molecular flexibility index (Phi) is 3.49. The highest BCUT2D eigenvalue weighted by atomic mass is 16.5. The predicted molar refractivity (Wildman–Crippen MR) is 89.0 cm³/mol. The van der Waals surface area contributed by atoms with Gasteiger partial charge in [-0.3, -0.25) is 4.79 Å². The summed E-state index contributed by atoms with van der Waals surface area (Å²) in [6.45, 7) is 6.10. The number of aryl methyl sites for hydroxylation is 3. The normalized spacial score (nSPS) is 10.9. The molecule has 0 atom stereocenters. The van der Waals surface area contributed by atoms with Gasteiger partial charge in [-0.05, 0) is 67.3 Å². The van der Waals surface area contributed by atoms with Crippen LogP contribution in [0.15, 0.2) is 36.5 Å². The molecule has 0 saturated heterocycles. The third-order valence-corrected chi connectivity index (χ3v) is 4.15. The molecular weight excluding hydrogens is 274 g/mol. The van der Waals surface area contributed by atoms with Crippen molar-refractivity contribution in [2.75, 3.05) is 7.11 Å². The van der Waals surface area contributed by atoms with Gasteiger partial charge in [-0.25, -0.2) is 0 Å². The molecule has 112 valence electrons. The molecule has 3 nitrogen and oxygen atoms in total. The zero-order valence-electron chi connectivity index (χ0n) is 13.3. The van der Waals surface area contributed by atoms with Crippen LogP contribution in [0.5, 0.6) is 5.75 Å². The van der Waals surface area contributed by atoms with Crippen molar-refractivity contribution in [2.24, 2.45) is 0 Å². The number of benzene rings is 1. The molecule has 1 aromatic carbocycles. The first-order valence-electron chi connectivity index (χ1n) is 7.28. The highest BCUT2D eigenvalue weighted by Crippen LogP contribution is 2.33. The lowest BCUT2D eigenvalue weighted by Gasteiger charge is -2.11. The van der Waals surface area contributed by atoms with E-state index in [0.717, 1.165) is 45.4 Å². The van der Waals surface area contributed by atoms with Crippen molar-refractivity contribution in [3.63, 3.8) is 0 Å². The maximum absolute atomic E-state index is 11.6. The van der Waals surface area contributed by atoms with Gasteiger partial charge in [0.05, 0.1) is 12.8 Å². The number of aldehydes is 1. The van der Waals surface area contributed by atoms with Gasteiger partial charge in [0.15, 0.2) is 6.29 Å². The van der Waals surface area contributed by atoms with E-state index in [1.54, 1.807) is 7.11 Å². The molecule has 0 bridgehead atoms. The number of aromatic nitrogens is 1. The molecule has 0 aliphatic carbocycles. The minimum absolute atomic E-state index is 0.683. The van der Waals surface area contributed by atoms with Crippen molar-refractivity contribution >= 4 is 11.8 Å². The first-order valence-corrected chi connectivity index (χ1v) is 7.28. The summed E-state index contributed by atoms with van der Waals surface area (Å²) in [5.41, 5.74) is 7.04. The minimum Gasteiger partial charge on any atom is -0.496 e. The summed E-state index contributed by atoms with van der Waals surface area (Å²) in [4.78, 5) is 11.6. The molecule has 0 radical (unpaired) electrons. The van der Waals surface area contributed by atoms with E-state index >= 15 is 0 Å². The molecule has 0 saturated carbocycles. The lowest BCUT2D eigenvalue weighted by Crippen LogP contribution is -1.95. The number of ether oxygens (including phenoxy) is 1. The fraction of sp³-hybridized carbons (Fsp3) is 0.211. The fourth-order valence-corrected chi connectivity index (χ4v) is 3.14. The number of methoxy groups -OCH3 is 1. The van der Waals surface area contributed by atoms with Crippen LogP contribution in [-0.2, 0) is 0 Å². The maximum Gasteiger partial charge on any atom is 0.167 e. The molecule has 0 N–H and O–H groups in total. The summed E-state index contributed by atoms with van der Waals surface area (Å²) in [6.07, 6.45) is 2.86. The maximum atomic E-state index is 11.6. The Morgan fingerprint density at radius 3 is 2.32 bits per heavy atom. The number of carbonyl (C=O) groups excluding carboxylic acids is 1. The zero-order valence-corrected chi connectivity index (χ0v) is 13.3. The van der Waals surface area contributed by atoms with Gasteiger partial charge in [0, 0.05) is 17.3 Å². The Morgan fingerprint density at radius 2 is 1.73 bits per heavy atom. The van der Waals surface area contributed by atoms with E-state index in [4.69, 9.17) is 4.74 Å². The Morgan fingerprint density at radius 1 is 1.05 bits per heavy atom. The second kappa shape index (κ2) is 5.34. The molecule has 3 aromatic rings. The summed E-state index contributed by atoms with van der Waals surface area (Å²) >= 11 is 0. The number of pyridine rings is 1. The minimum atomic E-state index is 0.683. The summed E-state index contributed by atoms with van der Waals surface area (Å²) in [5, 5.41) is 0. The molecule has 3 rings (SSSR count). The van der Waals surface area contributed by atoms with E-state index in [1.807, 2.05) is 30.5 Å². The monoisotopic (exact) mass is 293 g/mol. The molecule has 2 aromatic heterocycles. The smallest absolute Gasteiger partial charge is 0.167 e. The van der Waals surface area contributed by atoms with E-state index in [1.165, 1.54) is 0 Å². The van der Waals surface area contributed by atoms with E-state index in [0.29, 0.717) is 5.69 Å². The SMILES string of the molecule is COc1c(C)cc(-c2cc3c(C)cccn3c2C=O)cc1C. The van der Waals surface area contributed by atoms with Crippen molar-refractivity contribution < 1.29 is 9.53 Å². The van der Waals surface area contributed by atoms with Gasteiger partial charge in [0.1, 0.15) is 5.75 Å². The fourth-order valence-electron chi connectivity index (χ4n) is 3.14. The third kappa shape index (κ3) is 2.10. The number of carbonyl (C=O) groups is 1. The molecule has 0 aliphatic rings. The topological polar surface area (TPSA) is 30.7 Å². The Labute approximate surface area is 130 Å². The molecule has 22 heavy (non-hydrogen) atoms. The number of hydrogen-bond acceptors (Lipinski definition) is 2. The quantitative estimate of drug-likeness (QED) is 0.672. The van der Waals surface area contributed by atoms with Gasteiger partial charge in [-0.2, -0.15) is 0 Å². The van der Waals surface area contributed by atoms with Crippen LogP contribution < -0.4 is 4.74 Å². The van der Waals surface area contributed by atoms with Gasteiger partial charge in [0.2, 0.25) is 0 Å². The first-order chi connectivity index (χ1) is 10.6. The molecule has 0 fully saturated rings. The Hall–Kier alpha value is -2.55. The molecule has 0 amide bonds. The zero-order chi connectivity index (χ0) is 15.9. The van der Waals surface area contributed by atoms with Crippen LogP contribution in [0.4, 0.5) is 0 Å². The van der Waals surface area contributed by atoms with E-state index < -0.39 is 0 Å². The van der Waals surface area contributed by atoms with Crippen LogP contribution in [0.1, 0.15) is 27.2 Å². The van der Waals surface area contributed by atoms with Crippen LogP contribution in [0, 0.1) is 20.8 Å². The van der Waals surface area contributed by atoms with E-state index in [-0.39, 0.29) is 0 Å². The highest BCUT2D eigenvalue weighted by Gasteiger charge is 2.14. The second-order valence-corrected chi connectivity index (χ2v) is 5.65. The highest BCUT2D eigenvalue weighted by molar-refractivity contribution is 5.90. The largest absolute Gasteiger partial charge is 0.496 e. The average molecular weight is 293 g/mol. The molecule has 0 spiro atoms. The Bertz CT molecular complexity index is 852. The number of nitrogens with zero attached hydrogens (tertiary/aromatic N) is 1. The van der Waals surface area contributed by atoms with Gasteiger partial charge in [-0.15, -0.1) is 0 Å². The summed E-state index contributed by atoms with van der Waals surface area (Å²) in [7, 11) is 1.68. The van der Waals surface area contributed by atoms with Gasteiger partial charge in [0.25, 0.3) is 0 Å². The first kappa shape index (κ1) is 14.4. The lowest BCUT2D eigenvalue weighted by atomic mass is 10.00. The van der Waals surface area contributed by atoms with Gasteiger partial charge < -0.3 is 9.14 Å². The van der Waals surface area contributed by atoms with Crippen molar-refractivity contribution in [1.29, 1.82) is 0 Å². The molecular formula is C19H19NO2. The molecule has 0 aliphatic heterocycles. The number of hydrogen-bond donors (Lipinski definition) is 0. The summed E-state index contributed by atoms with van der Waals surface area (Å²) in [6, 6.07) is 10.2. The van der Waals surface area contributed by atoms with Crippen molar-refractivity contribution in [3.05, 3.63) is 58.9 Å².